The van der Waals surface area contributed by atoms with Crippen molar-refractivity contribution in [3.63, 3.8) is 0 Å². The summed E-state index contributed by atoms with van der Waals surface area (Å²) in [5, 5.41) is 0. The second-order valence-corrected chi connectivity index (χ2v) is 5.87. The topological polar surface area (TPSA) is 46.2 Å². The summed E-state index contributed by atoms with van der Waals surface area (Å²) in [6, 6.07) is 8.47. The van der Waals surface area contributed by atoms with E-state index in [1.807, 2.05) is 20.8 Å². The van der Waals surface area contributed by atoms with Crippen molar-refractivity contribution in [2.75, 3.05) is 0 Å². The molecule has 0 heterocycles. The van der Waals surface area contributed by atoms with Crippen LogP contribution in [0, 0.1) is 0 Å². The molecule has 0 aliphatic rings. The van der Waals surface area contributed by atoms with E-state index in [2.05, 4.69) is 4.72 Å². The minimum Gasteiger partial charge on any atom is -0.207 e. The standard InChI is InChI=1S/C12H19NO2S/c1-4-12(3,5-2)13-16(14,15)11-9-7-6-8-10-11/h6-10,13H,4-5H2,1-3H3. The van der Waals surface area contributed by atoms with Crippen molar-refractivity contribution in [1.82, 2.24) is 4.72 Å². The van der Waals surface area contributed by atoms with Crippen LogP contribution in [0.5, 0.6) is 0 Å². The minimum absolute atomic E-state index is 0.322. The molecule has 0 saturated heterocycles. The Labute approximate surface area is 97.9 Å². The number of sulfonamides is 1. The SMILES string of the molecule is CCC(C)(CC)NS(=O)(=O)c1ccccc1. The second-order valence-electron chi connectivity index (χ2n) is 4.19. The number of rotatable bonds is 5. The lowest BCUT2D eigenvalue weighted by molar-refractivity contribution is 0.388. The van der Waals surface area contributed by atoms with Crippen LogP contribution >= 0.6 is 0 Å². The van der Waals surface area contributed by atoms with Crippen molar-refractivity contribution >= 4 is 10.0 Å². The lowest BCUT2D eigenvalue weighted by Crippen LogP contribution is -2.44. The average Bonchev–Trinajstić information content (AvgIpc) is 2.29. The highest BCUT2D eigenvalue weighted by Crippen LogP contribution is 2.18. The molecule has 90 valence electrons. The molecule has 1 aromatic rings. The van der Waals surface area contributed by atoms with Crippen LogP contribution < -0.4 is 4.72 Å². The van der Waals surface area contributed by atoms with Crippen molar-refractivity contribution in [2.45, 2.75) is 44.0 Å². The third-order valence-corrected chi connectivity index (χ3v) is 4.65. The van der Waals surface area contributed by atoms with Gasteiger partial charge in [0.25, 0.3) is 0 Å². The fraction of sp³-hybridized carbons (Fsp3) is 0.500. The molecule has 1 aromatic carbocycles. The van der Waals surface area contributed by atoms with E-state index in [4.69, 9.17) is 0 Å². The lowest BCUT2D eigenvalue weighted by atomic mass is 9.98. The van der Waals surface area contributed by atoms with Gasteiger partial charge in [0.2, 0.25) is 10.0 Å². The second kappa shape index (κ2) is 4.97. The smallest absolute Gasteiger partial charge is 0.207 e. The van der Waals surface area contributed by atoms with Gasteiger partial charge < -0.3 is 0 Å². The summed E-state index contributed by atoms with van der Waals surface area (Å²) in [7, 11) is -3.39. The van der Waals surface area contributed by atoms with Gasteiger partial charge in [-0.2, -0.15) is 0 Å². The van der Waals surface area contributed by atoms with E-state index < -0.39 is 10.0 Å². The minimum atomic E-state index is -3.39. The number of benzene rings is 1. The fourth-order valence-electron chi connectivity index (χ4n) is 1.38. The van der Waals surface area contributed by atoms with Crippen molar-refractivity contribution in [2.24, 2.45) is 0 Å². The predicted molar refractivity (Wildman–Crippen MR) is 65.8 cm³/mol. The Morgan fingerprint density at radius 2 is 1.62 bits per heavy atom. The van der Waals surface area contributed by atoms with Gasteiger partial charge in [-0.3, -0.25) is 0 Å². The molecular weight excluding hydrogens is 222 g/mol. The van der Waals surface area contributed by atoms with E-state index >= 15 is 0 Å². The molecule has 0 radical (unpaired) electrons. The predicted octanol–water partition coefficient (Wildman–Crippen LogP) is 2.54. The van der Waals surface area contributed by atoms with E-state index in [0.29, 0.717) is 4.90 Å². The zero-order valence-corrected chi connectivity index (χ0v) is 10.8. The molecule has 0 aliphatic carbocycles. The van der Waals surface area contributed by atoms with E-state index in [9.17, 15) is 8.42 Å². The first-order valence-corrected chi connectivity index (χ1v) is 7.01. The molecule has 0 amide bonds. The molecule has 1 N–H and O–H groups in total. The van der Waals surface area contributed by atoms with Gasteiger partial charge in [-0.05, 0) is 31.9 Å². The normalized spacial score (nSPS) is 12.7. The molecule has 0 spiro atoms. The molecule has 4 heteroatoms. The van der Waals surface area contributed by atoms with E-state index in [1.165, 1.54) is 0 Å². The molecule has 0 aliphatic heterocycles. The fourth-order valence-corrected chi connectivity index (χ4v) is 2.95. The maximum absolute atomic E-state index is 12.1. The van der Waals surface area contributed by atoms with Crippen LogP contribution in [-0.2, 0) is 10.0 Å². The van der Waals surface area contributed by atoms with Crippen LogP contribution in [0.1, 0.15) is 33.6 Å². The van der Waals surface area contributed by atoms with Crippen molar-refractivity contribution in [1.29, 1.82) is 0 Å². The molecule has 0 fully saturated rings. The van der Waals surface area contributed by atoms with Gasteiger partial charge in [0.1, 0.15) is 0 Å². The third-order valence-electron chi connectivity index (χ3n) is 2.99. The number of nitrogens with one attached hydrogen (secondary N) is 1. The first kappa shape index (κ1) is 13.2. The van der Waals surface area contributed by atoms with Crippen LogP contribution in [0.3, 0.4) is 0 Å². The molecule has 1 rings (SSSR count). The van der Waals surface area contributed by atoms with Crippen LogP contribution in [0.25, 0.3) is 0 Å². The van der Waals surface area contributed by atoms with Gasteiger partial charge in [0, 0.05) is 5.54 Å². The highest BCUT2D eigenvalue weighted by atomic mass is 32.2. The van der Waals surface area contributed by atoms with E-state index in [0.717, 1.165) is 12.8 Å². The summed E-state index contributed by atoms with van der Waals surface area (Å²) in [5.41, 5.74) is -0.366. The van der Waals surface area contributed by atoms with Crippen LogP contribution in [0.4, 0.5) is 0 Å². The van der Waals surface area contributed by atoms with Gasteiger partial charge in [0.15, 0.2) is 0 Å². The van der Waals surface area contributed by atoms with Gasteiger partial charge in [-0.25, -0.2) is 13.1 Å². The van der Waals surface area contributed by atoms with Gasteiger partial charge in [0.05, 0.1) is 4.90 Å². The molecule has 16 heavy (non-hydrogen) atoms. The largest absolute Gasteiger partial charge is 0.241 e. The quantitative estimate of drug-likeness (QED) is 0.861. The highest BCUT2D eigenvalue weighted by molar-refractivity contribution is 7.89. The lowest BCUT2D eigenvalue weighted by Gasteiger charge is -2.27. The maximum atomic E-state index is 12.1. The van der Waals surface area contributed by atoms with Crippen molar-refractivity contribution < 1.29 is 8.42 Å². The first-order valence-electron chi connectivity index (χ1n) is 5.52. The Balaban J connectivity index is 2.97. The summed E-state index contributed by atoms with van der Waals surface area (Å²) in [6.45, 7) is 5.89. The zero-order valence-electron chi connectivity index (χ0n) is 10.0. The summed E-state index contributed by atoms with van der Waals surface area (Å²) in [6.07, 6.45) is 1.55. The Kier molecular flexibility index (Phi) is 4.10. The Morgan fingerprint density at radius 1 is 1.12 bits per heavy atom. The molecule has 0 bridgehead atoms. The molecule has 0 aromatic heterocycles. The monoisotopic (exact) mass is 241 g/mol. The zero-order chi connectivity index (χ0) is 12.2. The summed E-state index contributed by atoms with van der Waals surface area (Å²) in [5.74, 6) is 0. The Morgan fingerprint density at radius 3 is 2.06 bits per heavy atom. The van der Waals surface area contributed by atoms with Crippen molar-refractivity contribution in [3.05, 3.63) is 30.3 Å². The van der Waals surface area contributed by atoms with Gasteiger partial charge in [-0.15, -0.1) is 0 Å². The molecule has 0 atom stereocenters. The van der Waals surface area contributed by atoms with Gasteiger partial charge in [-0.1, -0.05) is 32.0 Å². The van der Waals surface area contributed by atoms with Crippen LogP contribution in [0.2, 0.25) is 0 Å². The number of hydrogen-bond acceptors (Lipinski definition) is 2. The maximum Gasteiger partial charge on any atom is 0.241 e. The Bertz CT molecular complexity index is 422. The average molecular weight is 241 g/mol. The third kappa shape index (κ3) is 3.06. The summed E-state index contributed by atoms with van der Waals surface area (Å²) < 4.78 is 26.9. The van der Waals surface area contributed by atoms with Crippen LogP contribution in [-0.4, -0.2) is 14.0 Å². The molecule has 0 unspecified atom stereocenters. The van der Waals surface area contributed by atoms with E-state index in [-0.39, 0.29) is 5.54 Å². The number of hydrogen-bond donors (Lipinski definition) is 1. The molecule has 3 nitrogen and oxygen atoms in total. The summed E-state index contributed by atoms with van der Waals surface area (Å²) >= 11 is 0. The first-order chi connectivity index (χ1) is 7.43. The van der Waals surface area contributed by atoms with Crippen molar-refractivity contribution in [3.8, 4) is 0 Å². The molecule has 0 saturated carbocycles. The van der Waals surface area contributed by atoms with Crippen LogP contribution in [0.15, 0.2) is 35.2 Å². The highest BCUT2D eigenvalue weighted by Gasteiger charge is 2.26. The molecular formula is C12H19NO2S. The van der Waals surface area contributed by atoms with Gasteiger partial charge >= 0.3 is 0 Å². The Hall–Kier alpha value is -0.870. The van der Waals surface area contributed by atoms with E-state index in [1.54, 1.807) is 30.3 Å². The summed E-state index contributed by atoms with van der Waals surface area (Å²) in [4.78, 5) is 0.322.